The van der Waals surface area contributed by atoms with Crippen molar-refractivity contribution in [3.63, 3.8) is 0 Å². The summed E-state index contributed by atoms with van der Waals surface area (Å²) in [4.78, 5) is 0. The number of para-hydroxylation sites is 1. The van der Waals surface area contributed by atoms with Gasteiger partial charge < -0.3 is 14.6 Å². The second kappa shape index (κ2) is 7.03. The summed E-state index contributed by atoms with van der Waals surface area (Å²) in [5.41, 5.74) is 1.46. The number of methoxy groups -OCH3 is 2. The van der Waals surface area contributed by atoms with E-state index in [1.54, 1.807) is 19.2 Å². The van der Waals surface area contributed by atoms with Crippen LogP contribution in [0.15, 0.2) is 36.4 Å². The van der Waals surface area contributed by atoms with Crippen LogP contribution in [0.1, 0.15) is 17.2 Å². The van der Waals surface area contributed by atoms with Crippen LogP contribution in [0, 0.1) is 0 Å². The molecule has 0 aromatic heterocycles. The molecule has 0 amide bonds. The largest absolute Gasteiger partial charge is 0.496 e. The van der Waals surface area contributed by atoms with Crippen molar-refractivity contribution < 1.29 is 14.6 Å². The number of hydrogen-bond acceptors (Lipinski definition) is 3. The predicted octanol–water partition coefficient (Wildman–Crippen LogP) is 4.29. The minimum absolute atomic E-state index is 0.381. The molecule has 0 bridgehead atoms. The summed E-state index contributed by atoms with van der Waals surface area (Å²) in [5, 5.41) is 11.3. The van der Waals surface area contributed by atoms with Crippen LogP contribution in [0.2, 0.25) is 10.0 Å². The van der Waals surface area contributed by atoms with Crippen LogP contribution in [0.25, 0.3) is 0 Å². The topological polar surface area (TPSA) is 38.7 Å². The lowest BCUT2D eigenvalue weighted by Crippen LogP contribution is -2.04. The second-order valence-corrected chi connectivity index (χ2v) is 5.35. The van der Waals surface area contributed by atoms with Crippen LogP contribution in [0.5, 0.6) is 11.5 Å². The molecule has 0 fully saturated rings. The zero-order valence-corrected chi connectivity index (χ0v) is 13.3. The summed E-state index contributed by atoms with van der Waals surface area (Å²) in [6, 6.07) is 10.8. The van der Waals surface area contributed by atoms with Crippen molar-refractivity contribution >= 4 is 23.2 Å². The van der Waals surface area contributed by atoms with Crippen molar-refractivity contribution in [2.75, 3.05) is 14.2 Å². The van der Waals surface area contributed by atoms with Crippen molar-refractivity contribution in [2.24, 2.45) is 0 Å². The van der Waals surface area contributed by atoms with Crippen LogP contribution in [0.3, 0.4) is 0 Å². The lowest BCUT2D eigenvalue weighted by atomic mass is 10.0. The summed E-state index contributed by atoms with van der Waals surface area (Å²) < 4.78 is 10.4. The monoisotopic (exact) mass is 326 g/mol. The van der Waals surface area contributed by atoms with E-state index < -0.39 is 6.10 Å². The van der Waals surface area contributed by atoms with Crippen molar-refractivity contribution in [1.82, 2.24) is 0 Å². The Balaban J connectivity index is 2.28. The Morgan fingerprint density at radius 3 is 2.33 bits per heavy atom. The van der Waals surface area contributed by atoms with Crippen LogP contribution in [0.4, 0.5) is 0 Å². The van der Waals surface area contributed by atoms with Gasteiger partial charge in [0.25, 0.3) is 0 Å². The molecular weight excluding hydrogens is 311 g/mol. The maximum absolute atomic E-state index is 10.4. The Hall–Kier alpha value is -1.42. The zero-order valence-electron chi connectivity index (χ0n) is 11.8. The minimum Gasteiger partial charge on any atom is -0.496 e. The molecule has 0 radical (unpaired) electrons. The molecule has 112 valence electrons. The highest BCUT2D eigenvalue weighted by Gasteiger charge is 2.17. The molecule has 0 saturated heterocycles. The molecule has 2 aromatic carbocycles. The quantitative estimate of drug-likeness (QED) is 0.890. The number of hydrogen-bond donors (Lipinski definition) is 1. The van der Waals surface area contributed by atoms with E-state index in [2.05, 4.69) is 0 Å². The van der Waals surface area contributed by atoms with Crippen molar-refractivity contribution in [3.05, 3.63) is 57.6 Å². The molecule has 0 heterocycles. The Morgan fingerprint density at radius 1 is 1.00 bits per heavy atom. The smallest absolute Gasteiger partial charge is 0.138 e. The maximum Gasteiger partial charge on any atom is 0.138 e. The zero-order chi connectivity index (χ0) is 15.4. The Kier molecular flexibility index (Phi) is 5.34. The van der Waals surface area contributed by atoms with Gasteiger partial charge in [-0.05, 0) is 17.7 Å². The summed E-state index contributed by atoms with van der Waals surface area (Å²) in [7, 11) is 3.12. The number of halogens is 2. The average molecular weight is 327 g/mol. The number of ether oxygens (including phenoxy) is 2. The fraction of sp³-hybridized carbons (Fsp3) is 0.250. The molecule has 0 aliphatic carbocycles. The number of rotatable bonds is 5. The van der Waals surface area contributed by atoms with E-state index in [9.17, 15) is 5.11 Å². The molecule has 1 atom stereocenters. The standard InChI is InChI=1S/C16H16Cl2O3/c1-20-15-6-4-3-5-10(15)7-14(19)11-8-13(18)16(21-2)9-12(11)17/h3-6,8-9,14,19H,7H2,1-2H3. The third-order valence-corrected chi connectivity index (χ3v) is 3.86. The van der Waals surface area contributed by atoms with Crippen molar-refractivity contribution in [2.45, 2.75) is 12.5 Å². The van der Waals surface area contributed by atoms with Gasteiger partial charge in [0, 0.05) is 18.1 Å². The van der Waals surface area contributed by atoms with Gasteiger partial charge in [-0.25, -0.2) is 0 Å². The molecule has 21 heavy (non-hydrogen) atoms. The fourth-order valence-electron chi connectivity index (χ4n) is 2.15. The van der Waals surface area contributed by atoms with Crippen molar-refractivity contribution in [1.29, 1.82) is 0 Å². The summed E-state index contributed by atoms with van der Waals surface area (Å²) in [6.45, 7) is 0. The highest BCUT2D eigenvalue weighted by atomic mass is 35.5. The lowest BCUT2D eigenvalue weighted by molar-refractivity contribution is 0.177. The summed E-state index contributed by atoms with van der Waals surface area (Å²) >= 11 is 12.3. The summed E-state index contributed by atoms with van der Waals surface area (Å²) in [6.07, 6.45) is -0.399. The number of benzene rings is 2. The van der Waals surface area contributed by atoms with Gasteiger partial charge in [0.1, 0.15) is 11.5 Å². The SMILES string of the molecule is COc1cc(Cl)c(C(O)Cc2ccccc2OC)cc1Cl. The van der Waals surface area contributed by atoms with Crippen LogP contribution >= 0.6 is 23.2 Å². The molecule has 0 spiro atoms. The van der Waals surface area contributed by atoms with E-state index >= 15 is 0 Å². The normalized spacial score (nSPS) is 12.0. The second-order valence-electron chi connectivity index (χ2n) is 4.54. The molecule has 0 aliphatic rings. The van der Waals surface area contributed by atoms with Gasteiger partial charge in [-0.2, -0.15) is 0 Å². The van der Waals surface area contributed by atoms with Crippen LogP contribution in [-0.2, 0) is 6.42 Å². The molecule has 0 aliphatic heterocycles. The van der Waals surface area contributed by atoms with E-state index in [1.807, 2.05) is 24.3 Å². The van der Waals surface area contributed by atoms with Gasteiger partial charge in [-0.3, -0.25) is 0 Å². The molecule has 2 aromatic rings. The molecule has 2 rings (SSSR count). The Morgan fingerprint density at radius 2 is 1.67 bits per heavy atom. The fourth-order valence-corrected chi connectivity index (χ4v) is 2.67. The molecule has 1 N–H and O–H groups in total. The third kappa shape index (κ3) is 3.62. The number of aliphatic hydroxyl groups is 1. The van der Waals surface area contributed by atoms with Crippen molar-refractivity contribution in [3.8, 4) is 11.5 Å². The molecule has 1 unspecified atom stereocenters. The van der Waals surface area contributed by atoms with Gasteiger partial charge in [0.2, 0.25) is 0 Å². The first-order chi connectivity index (χ1) is 10.1. The van der Waals surface area contributed by atoms with Gasteiger partial charge in [-0.1, -0.05) is 41.4 Å². The van der Waals surface area contributed by atoms with E-state index in [0.29, 0.717) is 27.8 Å². The first-order valence-electron chi connectivity index (χ1n) is 6.39. The summed E-state index contributed by atoms with van der Waals surface area (Å²) in [5.74, 6) is 1.21. The molecule has 5 heteroatoms. The predicted molar refractivity (Wildman–Crippen MR) is 84.7 cm³/mol. The first-order valence-corrected chi connectivity index (χ1v) is 7.15. The Labute approximate surface area is 134 Å². The lowest BCUT2D eigenvalue weighted by Gasteiger charge is -2.16. The van der Waals surface area contributed by atoms with E-state index in [0.717, 1.165) is 11.3 Å². The van der Waals surface area contributed by atoms with Crippen LogP contribution in [-0.4, -0.2) is 19.3 Å². The van der Waals surface area contributed by atoms with Crippen LogP contribution < -0.4 is 9.47 Å². The molecular formula is C16H16Cl2O3. The van der Waals surface area contributed by atoms with Gasteiger partial charge in [0.15, 0.2) is 0 Å². The van der Waals surface area contributed by atoms with E-state index in [4.69, 9.17) is 32.7 Å². The highest BCUT2D eigenvalue weighted by Crippen LogP contribution is 2.35. The van der Waals surface area contributed by atoms with Gasteiger partial charge in [0.05, 0.1) is 30.4 Å². The average Bonchev–Trinajstić information content (AvgIpc) is 2.49. The van der Waals surface area contributed by atoms with E-state index in [1.165, 1.54) is 7.11 Å². The maximum atomic E-state index is 10.4. The molecule has 0 saturated carbocycles. The van der Waals surface area contributed by atoms with E-state index in [-0.39, 0.29) is 0 Å². The van der Waals surface area contributed by atoms with Gasteiger partial charge >= 0.3 is 0 Å². The third-order valence-electron chi connectivity index (χ3n) is 3.24. The minimum atomic E-state index is -0.780. The number of aliphatic hydroxyl groups excluding tert-OH is 1. The van der Waals surface area contributed by atoms with Gasteiger partial charge in [-0.15, -0.1) is 0 Å². The molecule has 3 nitrogen and oxygen atoms in total. The highest BCUT2D eigenvalue weighted by molar-refractivity contribution is 6.34. The first kappa shape index (κ1) is 16.0. The Bertz CT molecular complexity index is 629.